The molecule has 0 saturated carbocycles. The van der Waals surface area contributed by atoms with Crippen molar-refractivity contribution in [3.63, 3.8) is 0 Å². The van der Waals surface area contributed by atoms with E-state index in [1.54, 1.807) is 5.06 Å². The fraction of sp³-hybridized carbons (Fsp3) is 0.308. The first kappa shape index (κ1) is 23.3. The second kappa shape index (κ2) is 10.8. The van der Waals surface area contributed by atoms with Crippen LogP contribution < -0.4 is 5.32 Å². The maximum atomic E-state index is 12.8. The number of nitrogens with one attached hydrogen (secondary N) is 1. The molecule has 1 N–H and O–H groups in total. The van der Waals surface area contributed by atoms with Crippen molar-refractivity contribution >= 4 is 33.5 Å². The van der Waals surface area contributed by atoms with Gasteiger partial charge in [0.05, 0.1) is 10.9 Å². The number of hydrogen-bond donors (Lipinski definition) is 1. The molecule has 0 aromatic heterocycles. The summed E-state index contributed by atoms with van der Waals surface area (Å²) in [6.45, 7) is 2.51. The average molecular weight is 465 g/mol. The number of fused-ring (bicyclic) bond motifs is 1. The molecule has 1 aliphatic rings. The van der Waals surface area contributed by atoms with Crippen LogP contribution in [0.5, 0.6) is 0 Å². The monoisotopic (exact) mass is 464 g/mol. The van der Waals surface area contributed by atoms with E-state index in [1.807, 2.05) is 72.8 Å². The number of carbonyl (C=O) groups excluding carboxylic acids is 2. The van der Waals surface area contributed by atoms with Crippen LogP contribution in [0.25, 0.3) is 10.8 Å². The molecule has 1 aliphatic heterocycles. The maximum absolute atomic E-state index is 12.8. The van der Waals surface area contributed by atoms with Gasteiger partial charge >= 0.3 is 0 Å². The smallest absolute Gasteiger partial charge is 0.223 e. The van der Waals surface area contributed by atoms with E-state index in [0.29, 0.717) is 37.2 Å². The summed E-state index contributed by atoms with van der Waals surface area (Å²) in [4.78, 5) is 25.5. The molecular weight excluding hydrogens is 436 g/mol. The highest BCUT2D eigenvalue weighted by Gasteiger charge is 2.29. The first-order valence-corrected chi connectivity index (χ1v) is 12.3. The topological polar surface area (TPSA) is 75.7 Å². The zero-order valence-electron chi connectivity index (χ0n) is 18.6. The van der Waals surface area contributed by atoms with E-state index in [9.17, 15) is 13.8 Å². The van der Waals surface area contributed by atoms with Gasteiger partial charge in [0.1, 0.15) is 0 Å². The first-order chi connectivity index (χ1) is 16.0. The van der Waals surface area contributed by atoms with Gasteiger partial charge in [0.25, 0.3) is 0 Å². The van der Waals surface area contributed by atoms with Gasteiger partial charge in [-0.05, 0) is 54.7 Å². The van der Waals surface area contributed by atoms with Gasteiger partial charge in [-0.25, -0.2) is 4.21 Å². The third-order valence-corrected chi connectivity index (χ3v) is 6.99. The van der Waals surface area contributed by atoms with Gasteiger partial charge in [-0.3, -0.25) is 9.59 Å². The van der Waals surface area contributed by atoms with E-state index in [2.05, 4.69) is 5.32 Å². The Morgan fingerprint density at radius 1 is 1.00 bits per heavy atom. The number of benzene rings is 3. The maximum Gasteiger partial charge on any atom is 0.223 e. The lowest BCUT2D eigenvalue weighted by atomic mass is 9.95. The Morgan fingerprint density at radius 3 is 2.36 bits per heavy atom. The zero-order valence-corrected chi connectivity index (χ0v) is 19.4. The number of ketones is 1. The Balaban J connectivity index is 1.28. The molecule has 172 valence electrons. The molecule has 7 heteroatoms. The Bertz CT molecular complexity index is 1140. The van der Waals surface area contributed by atoms with Crippen molar-refractivity contribution in [3.05, 3.63) is 78.4 Å². The Labute approximate surface area is 196 Å². The lowest BCUT2D eigenvalue weighted by Gasteiger charge is -2.30. The molecule has 0 radical (unpaired) electrons. The Morgan fingerprint density at radius 2 is 1.67 bits per heavy atom. The highest BCUT2D eigenvalue weighted by atomic mass is 32.2. The predicted octanol–water partition coefficient (Wildman–Crippen LogP) is 3.82. The van der Waals surface area contributed by atoms with Crippen molar-refractivity contribution in [1.82, 2.24) is 10.4 Å². The van der Waals surface area contributed by atoms with E-state index in [0.717, 1.165) is 16.3 Å². The second-order valence-electron chi connectivity index (χ2n) is 8.38. The molecule has 6 nitrogen and oxygen atoms in total. The van der Waals surface area contributed by atoms with Crippen molar-refractivity contribution in [2.75, 3.05) is 13.1 Å². The predicted molar refractivity (Wildman–Crippen MR) is 128 cm³/mol. The molecule has 2 atom stereocenters. The molecule has 0 bridgehead atoms. The number of hydrogen-bond acceptors (Lipinski definition) is 5. The number of carbonyl (C=O) groups is 2. The number of nitrogens with zero attached hydrogens (tertiary/aromatic N) is 1. The van der Waals surface area contributed by atoms with Gasteiger partial charge in [0.15, 0.2) is 5.78 Å². The third kappa shape index (κ3) is 6.13. The van der Waals surface area contributed by atoms with Crippen molar-refractivity contribution < 1.29 is 18.1 Å². The minimum Gasteiger partial charge on any atom is -0.346 e. The van der Waals surface area contributed by atoms with Gasteiger partial charge in [-0.15, -0.1) is 0 Å². The van der Waals surface area contributed by atoms with Crippen LogP contribution in [0.15, 0.2) is 77.7 Å². The summed E-state index contributed by atoms with van der Waals surface area (Å²) in [5.41, 5.74) is 1.01. The molecule has 3 aromatic carbocycles. The van der Waals surface area contributed by atoms with Gasteiger partial charge in [-0.2, -0.15) is 9.35 Å². The largest absolute Gasteiger partial charge is 0.346 e. The molecule has 33 heavy (non-hydrogen) atoms. The molecule has 0 spiro atoms. The van der Waals surface area contributed by atoms with Crippen molar-refractivity contribution in [1.29, 1.82) is 0 Å². The van der Waals surface area contributed by atoms with Crippen LogP contribution in [0.3, 0.4) is 0 Å². The van der Waals surface area contributed by atoms with Gasteiger partial charge < -0.3 is 5.32 Å². The normalized spacial score (nSPS) is 16.9. The summed E-state index contributed by atoms with van der Waals surface area (Å²) in [5, 5.41) is 6.69. The summed E-state index contributed by atoms with van der Waals surface area (Å²) in [7, 11) is 0. The van der Waals surface area contributed by atoms with Crippen molar-refractivity contribution in [2.45, 2.75) is 37.1 Å². The van der Waals surface area contributed by atoms with E-state index < -0.39 is 17.1 Å². The van der Waals surface area contributed by atoms with Crippen LogP contribution in [0, 0.1) is 5.92 Å². The molecule has 4 rings (SSSR count). The lowest BCUT2D eigenvalue weighted by molar-refractivity contribution is -0.133. The molecule has 1 saturated heterocycles. The number of rotatable bonds is 8. The van der Waals surface area contributed by atoms with Crippen LogP contribution in [0.1, 0.15) is 25.3 Å². The standard InChI is InChI=1S/C26H28N2O4S/c1-19(29)25(17-20-7-3-2-4-8-20)27-26(30)22-13-15-28(16-14-22)32-33(31)24-12-11-21-9-5-6-10-23(21)18-24/h2-12,18,22,25H,13-17H2,1H3,(H,27,30). The lowest BCUT2D eigenvalue weighted by Crippen LogP contribution is -2.47. The number of Topliss-reactive ketones (excluding diaryl/α,β-unsaturated/α-hetero) is 1. The average Bonchev–Trinajstić information content (AvgIpc) is 2.84. The van der Waals surface area contributed by atoms with Gasteiger partial charge in [0, 0.05) is 19.0 Å². The van der Waals surface area contributed by atoms with Crippen molar-refractivity contribution in [3.8, 4) is 0 Å². The quantitative estimate of drug-likeness (QED) is 0.549. The van der Waals surface area contributed by atoms with Crippen molar-refractivity contribution in [2.24, 2.45) is 5.92 Å². The molecule has 1 fully saturated rings. The zero-order chi connectivity index (χ0) is 23.2. The fourth-order valence-electron chi connectivity index (χ4n) is 4.04. The SMILES string of the molecule is CC(=O)C(Cc1ccccc1)NC(=O)C1CCN(OS(=O)c2ccc3ccccc3c2)CC1. The molecule has 0 aliphatic carbocycles. The molecular formula is C26H28N2O4S. The van der Waals surface area contributed by atoms with E-state index in [1.165, 1.54) is 6.92 Å². The van der Waals surface area contributed by atoms with Crippen LogP contribution in [-0.4, -0.2) is 40.1 Å². The minimum absolute atomic E-state index is 0.0567. The van der Waals surface area contributed by atoms with Crippen LogP contribution in [-0.2, 0) is 31.4 Å². The molecule has 1 amide bonds. The second-order valence-corrected chi connectivity index (χ2v) is 9.47. The molecule has 3 aromatic rings. The van der Waals surface area contributed by atoms with Gasteiger partial charge in [0.2, 0.25) is 17.0 Å². The Kier molecular flexibility index (Phi) is 7.65. The van der Waals surface area contributed by atoms with Crippen LogP contribution in [0.2, 0.25) is 0 Å². The van der Waals surface area contributed by atoms with Crippen LogP contribution >= 0.6 is 0 Å². The van der Waals surface area contributed by atoms with Crippen LogP contribution in [0.4, 0.5) is 0 Å². The molecule has 2 unspecified atom stereocenters. The van der Waals surface area contributed by atoms with E-state index in [4.69, 9.17) is 4.28 Å². The highest BCUT2D eigenvalue weighted by molar-refractivity contribution is 7.80. The molecule has 1 heterocycles. The summed E-state index contributed by atoms with van der Waals surface area (Å²) < 4.78 is 18.4. The summed E-state index contributed by atoms with van der Waals surface area (Å²) >= 11 is -1.62. The minimum atomic E-state index is -1.62. The summed E-state index contributed by atoms with van der Waals surface area (Å²) in [5.74, 6) is -0.364. The van der Waals surface area contributed by atoms with Gasteiger partial charge in [-0.1, -0.05) is 60.7 Å². The first-order valence-electron chi connectivity index (χ1n) is 11.2. The fourth-order valence-corrected chi connectivity index (χ4v) is 4.87. The highest BCUT2D eigenvalue weighted by Crippen LogP contribution is 2.22. The Hall–Kier alpha value is -2.87. The number of amides is 1. The number of piperidine rings is 1. The summed E-state index contributed by atoms with van der Waals surface area (Å²) in [6.07, 6.45) is 1.64. The number of hydroxylamine groups is 2. The van der Waals surface area contributed by atoms with E-state index in [-0.39, 0.29) is 17.6 Å². The third-order valence-electron chi connectivity index (χ3n) is 6.00. The van der Waals surface area contributed by atoms with E-state index >= 15 is 0 Å². The summed E-state index contributed by atoms with van der Waals surface area (Å²) in [6, 6.07) is 22.7.